The molecule has 9 nitrogen and oxygen atoms in total. The summed E-state index contributed by atoms with van der Waals surface area (Å²) in [7, 11) is 2.03. The molecule has 0 bridgehead atoms. The maximum absolute atomic E-state index is 5.93. The molecule has 2 N–H and O–H groups in total. The molecule has 0 radical (unpaired) electrons. The molecule has 5 aromatic rings. The molecule has 0 aliphatic carbocycles. The topological polar surface area (TPSA) is 84.5 Å². The molecule has 3 aromatic heterocycles. The van der Waals surface area contributed by atoms with Gasteiger partial charge in [0.05, 0.1) is 24.1 Å². The minimum Gasteiger partial charge on any atom is -0.492 e. The van der Waals surface area contributed by atoms with E-state index in [1.807, 2.05) is 61.1 Å². The van der Waals surface area contributed by atoms with Gasteiger partial charge in [0, 0.05) is 30.5 Å². The SMILES string of the molecule is Cc1ncc(CNc2cccc(-c3cccc4nc(Nc5ccc(OCCN6CCCC6)cc5)nn34)c2)n1C. The van der Waals surface area contributed by atoms with Gasteiger partial charge in [0.1, 0.15) is 18.2 Å². The summed E-state index contributed by atoms with van der Waals surface area (Å²) in [5.74, 6) is 2.42. The van der Waals surface area contributed by atoms with Gasteiger partial charge in [-0.05, 0) is 81.4 Å². The summed E-state index contributed by atoms with van der Waals surface area (Å²) in [6, 6.07) is 22.3. The highest BCUT2D eigenvalue weighted by Gasteiger charge is 2.12. The van der Waals surface area contributed by atoms with Crippen molar-refractivity contribution in [3.63, 3.8) is 0 Å². The summed E-state index contributed by atoms with van der Waals surface area (Å²) < 4.78 is 9.90. The van der Waals surface area contributed by atoms with Crippen molar-refractivity contribution in [2.24, 2.45) is 7.05 Å². The number of benzene rings is 2. The molecular formula is C30H34N8O. The van der Waals surface area contributed by atoms with Gasteiger partial charge in [-0.2, -0.15) is 4.98 Å². The molecule has 6 rings (SSSR count). The smallest absolute Gasteiger partial charge is 0.247 e. The van der Waals surface area contributed by atoms with Crippen molar-refractivity contribution in [3.8, 4) is 17.0 Å². The van der Waals surface area contributed by atoms with E-state index >= 15 is 0 Å². The first kappa shape index (κ1) is 24.9. The van der Waals surface area contributed by atoms with Gasteiger partial charge in [-0.15, -0.1) is 5.10 Å². The average molecular weight is 523 g/mol. The maximum atomic E-state index is 5.93. The van der Waals surface area contributed by atoms with Crippen LogP contribution in [0.5, 0.6) is 5.75 Å². The quantitative estimate of drug-likeness (QED) is 0.259. The molecule has 0 unspecified atom stereocenters. The molecule has 9 heteroatoms. The van der Waals surface area contributed by atoms with Crippen molar-refractivity contribution in [1.29, 1.82) is 0 Å². The van der Waals surface area contributed by atoms with Crippen molar-refractivity contribution in [3.05, 3.63) is 84.4 Å². The zero-order valence-electron chi connectivity index (χ0n) is 22.5. The standard InChI is InChI=1S/C30H34N8O/c1-22-31-20-26(36(22)2)21-32-25-8-5-7-23(19-25)28-9-6-10-29-34-30(35-38(28)29)33-24-11-13-27(14-12-24)39-18-17-37-15-3-4-16-37/h5-14,19-20,32H,3-4,15-18,21H2,1-2H3,(H,33,35). The summed E-state index contributed by atoms with van der Waals surface area (Å²) in [5, 5.41) is 11.6. The van der Waals surface area contributed by atoms with Crippen molar-refractivity contribution in [2.45, 2.75) is 26.3 Å². The zero-order chi connectivity index (χ0) is 26.6. The van der Waals surface area contributed by atoms with Gasteiger partial charge in [0.15, 0.2) is 5.65 Å². The normalized spacial score (nSPS) is 13.7. The number of aromatic nitrogens is 5. The second kappa shape index (κ2) is 11.2. The number of hydrogen-bond acceptors (Lipinski definition) is 7. The first-order valence-corrected chi connectivity index (χ1v) is 13.5. The Morgan fingerprint density at radius 3 is 2.56 bits per heavy atom. The van der Waals surface area contributed by atoms with Crippen LogP contribution in [-0.2, 0) is 13.6 Å². The number of nitrogens with one attached hydrogen (secondary N) is 2. The Bertz CT molecular complexity index is 1550. The summed E-state index contributed by atoms with van der Waals surface area (Å²) >= 11 is 0. The van der Waals surface area contributed by atoms with Crippen LogP contribution in [0.1, 0.15) is 24.4 Å². The number of aryl methyl sites for hydroxylation is 1. The first-order chi connectivity index (χ1) is 19.1. The summed E-state index contributed by atoms with van der Waals surface area (Å²) in [6.45, 7) is 6.78. The largest absolute Gasteiger partial charge is 0.492 e. The lowest BCUT2D eigenvalue weighted by molar-refractivity contribution is 0.238. The molecule has 200 valence electrons. The molecule has 2 aromatic carbocycles. The van der Waals surface area contributed by atoms with Crippen molar-refractivity contribution < 1.29 is 4.74 Å². The fourth-order valence-corrected chi connectivity index (χ4v) is 4.93. The summed E-state index contributed by atoms with van der Waals surface area (Å²) in [6.07, 6.45) is 4.51. The van der Waals surface area contributed by atoms with Crippen molar-refractivity contribution >= 4 is 23.0 Å². The lowest BCUT2D eigenvalue weighted by atomic mass is 10.1. The van der Waals surface area contributed by atoms with Gasteiger partial charge in [-0.1, -0.05) is 18.2 Å². The second-order valence-electron chi connectivity index (χ2n) is 9.95. The highest BCUT2D eigenvalue weighted by molar-refractivity contribution is 5.68. The molecule has 0 spiro atoms. The van der Waals surface area contributed by atoms with Gasteiger partial charge in [0.25, 0.3) is 0 Å². The molecule has 1 aliphatic rings. The van der Waals surface area contributed by atoms with Gasteiger partial charge in [-0.3, -0.25) is 4.90 Å². The van der Waals surface area contributed by atoms with E-state index in [2.05, 4.69) is 55.4 Å². The van der Waals surface area contributed by atoms with Crippen LogP contribution >= 0.6 is 0 Å². The van der Waals surface area contributed by atoms with E-state index in [4.69, 9.17) is 14.8 Å². The van der Waals surface area contributed by atoms with Crippen LogP contribution in [0.3, 0.4) is 0 Å². The number of imidazole rings is 1. The van der Waals surface area contributed by atoms with Crippen molar-refractivity contribution in [2.75, 3.05) is 36.9 Å². The summed E-state index contributed by atoms with van der Waals surface area (Å²) in [4.78, 5) is 11.5. The van der Waals surface area contributed by atoms with Crippen molar-refractivity contribution in [1.82, 2.24) is 29.0 Å². The number of fused-ring (bicyclic) bond motifs is 1. The fourth-order valence-electron chi connectivity index (χ4n) is 4.93. The Labute approximate surface area is 228 Å². The molecule has 1 fully saturated rings. The second-order valence-corrected chi connectivity index (χ2v) is 9.95. The number of rotatable bonds is 10. The van der Waals surface area contributed by atoms with Gasteiger partial charge >= 0.3 is 0 Å². The monoisotopic (exact) mass is 522 g/mol. The zero-order valence-corrected chi connectivity index (χ0v) is 22.5. The van der Waals surface area contributed by atoms with Crippen LogP contribution in [0, 0.1) is 6.92 Å². The van der Waals surface area contributed by atoms with Crippen LogP contribution in [0.2, 0.25) is 0 Å². The lowest BCUT2D eigenvalue weighted by Gasteiger charge is -2.15. The Kier molecular flexibility index (Phi) is 7.14. The Morgan fingerprint density at radius 2 is 1.77 bits per heavy atom. The van der Waals surface area contributed by atoms with E-state index in [0.717, 1.165) is 52.1 Å². The first-order valence-electron chi connectivity index (χ1n) is 13.5. The Morgan fingerprint density at radius 1 is 0.949 bits per heavy atom. The van der Waals surface area contributed by atoms with Crippen LogP contribution < -0.4 is 15.4 Å². The van der Waals surface area contributed by atoms with E-state index in [9.17, 15) is 0 Å². The number of likely N-dealkylation sites (tertiary alicyclic amines) is 1. The molecule has 4 heterocycles. The highest BCUT2D eigenvalue weighted by Crippen LogP contribution is 2.25. The minimum absolute atomic E-state index is 0.547. The third-order valence-corrected chi connectivity index (χ3v) is 7.29. The van der Waals surface area contributed by atoms with E-state index < -0.39 is 0 Å². The molecule has 39 heavy (non-hydrogen) atoms. The van der Waals surface area contributed by atoms with E-state index in [-0.39, 0.29) is 0 Å². The predicted octanol–water partition coefficient (Wildman–Crippen LogP) is 5.27. The third-order valence-electron chi connectivity index (χ3n) is 7.29. The van der Waals surface area contributed by atoms with E-state index in [1.54, 1.807) is 0 Å². The number of ether oxygens (including phenoxy) is 1. The lowest BCUT2D eigenvalue weighted by Crippen LogP contribution is -2.25. The average Bonchev–Trinajstić information content (AvgIpc) is 3.70. The maximum Gasteiger partial charge on any atom is 0.247 e. The molecule has 0 atom stereocenters. The highest BCUT2D eigenvalue weighted by atomic mass is 16.5. The molecule has 0 amide bonds. The van der Waals surface area contributed by atoms with Gasteiger partial charge in [0.2, 0.25) is 5.95 Å². The summed E-state index contributed by atoms with van der Waals surface area (Å²) in [5.41, 5.74) is 5.88. The van der Waals surface area contributed by atoms with Crippen LogP contribution in [0.25, 0.3) is 16.9 Å². The molecule has 1 saturated heterocycles. The minimum atomic E-state index is 0.547. The van der Waals surface area contributed by atoms with E-state index in [0.29, 0.717) is 19.1 Å². The van der Waals surface area contributed by atoms with Crippen LogP contribution in [0.15, 0.2) is 72.9 Å². The van der Waals surface area contributed by atoms with Gasteiger partial charge in [-0.25, -0.2) is 9.50 Å². The number of hydrogen-bond donors (Lipinski definition) is 2. The van der Waals surface area contributed by atoms with Gasteiger partial charge < -0.3 is 19.9 Å². The number of anilines is 3. The number of nitrogens with zero attached hydrogens (tertiary/aromatic N) is 6. The number of pyridine rings is 1. The van der Waals surface area contributed by atoms with Crippen LogP contribution in [0.4, 0.5) is 17.3 Å². The van der Waals surface area contributed by atoms with Crippen LogP contribution in [-0.4, -0.2) is 55.3 Å². The predicted molar refractivity (Wildman–Crippen MR) is 155 cm³/mol. The Hall–Kier alpha value is -4.37. The fraction of sp³-hybridized carbons (Fsp3) is 0.300. The van der Waals surface area contributed by atoms with E-state index in [1.165, 1.54) is 25.9 Å². The Balaban J connectivity index is 1.13. The molecule has 0 saturated carbocycles. The third kappa shape index (κ3) is 5.73. The molecular weight excluding hydrogens is 488 g/mol. The molecule has 1 aliphatic heterocycles.